The highest BCUT2D eigenvalue weighted by atomic mass is 16.5. The van der Waals surface area contributed by atoms with Crippen LogP contribution in [0.25, 0.3) is 0 Å². The third-order valence-electron chi connectivity index (χ3n) is 3.66. The van der Waals surface area contributed by atoms with Gasteiger partial charge in [0.05, 0.1) is 24.9 Å². The van der Waals surface area contributed by atoms with E-state index >= 15 is 0 Å². The van der Waals surface area contributed by atoms with Crippen molar-refractivity contribution in [3.05, 3.63) is 23.9 Å². The molecule has 1 aliphatic heterocycles. The zero-order valence-electron chi connectivity index (χ0n) is 13.7. The normalized spacial score (nSPS) is 21.7. The Morgan fingerprint density at radius 2 is 2.32 bits per heavy atom. The first-order valence-corrected chi connectivity index (χ1v) is 7.81. The van der Waals surface area contributed by atoms with E-state index in [4.69, 9.17) is 9.47 Å². The van der Waals surface area contributed by atoms with Crippen LogP contribution in [0, 0.1) is 0 Å². The van der Waals surface area contributed by atoms with E-state index in [2.05, 4.69) is 34.5 Å². The largest absolute Gasteiger partial charge is 0.481 e. The smallest absolute Gasteiger partial charge is 0.213 e. The van der Waals surface area contributed by atoms with Gasteiger partial charge in [-0.25, -0.2) is 9.98 Å². The molecule has 1 atom stereocenters. The Labute approximate surface area is 132 Å². The number of hydrogen-bond acceptors (Lipinski definition) is 4. The average molecular weight is 306 g/mol. The second-order valence-corrected chi connectivity index (χ2v) is 5.62. The molecule has 0 aromatic carbocycles. The Balaban J connectivity index is 1.93. The van der Waals surface area contributed by atoms with Crippen molar-refractivity contribution in [3.8, 4) is 5.88 Å². The fourth-order valence-electron chi connectivity index (χ4n) is 2.41. The lowest BCUT2D eigenvalue weighted by molar-refractivity contribution is 0.0243. The van der Waals surface area contributed by atoms with E-state index in [1.165, 1.54) is 0 Å². The first-order chi connectivity index (χ1) is 10.6. The summed E-state index contributed by atoms with van der Waals surface area (Å²) in [5.41, 5.74) is 0.782. The van der Waals surface area contributed by atoms with Crippen LogP contribution in [-0.2, 0) is 11.3 Å². The predicted molar refractivity (Wildman–Crippen MR) is 87.2 cm³/mol. The Kier molecular flexibility index (Phi) is 6.00. The minimum atomic E-state index is -0.0928. The zero-order chi connectivity index (χ0) is 15.8. The number of aromatic nitrogens is 1. The van der Waals surface area contributed by atoms with Gasteiger partial charge in [0.1, 0.15) is 0 Å². The fourth-order valence-corrected chi connectivity index (χ4v) is 2.41. The highest BCUT2D eigenvalue weighted by Crippen LogP contribution is 2.23. The van der Waals surface area contributed by atoms with Gasteiger partial charge in [-0.3, -0.25) is 0 Å². The number of pyridine rings is 1. The van der Waals surface area contributed by atoms with E-state index in [0.717, 1.165) is 44.2 Å². The Morgan fingerprint density at radius 1 is 1.45 bits per heavy atom. The van der Waals surface area contributed by atoms with Crippen LogP contribution in [0.4, 0.5) is 0 Å². The molecule has 1 aliphatic rings. The van der Waals surface area contributed by atoms with Gasteiger partial charge in [-0.05, 0) is 32.8 Å². The van der Waals surface area contributed by atoms with Crippen LogP contribution in [0.15, 0.2) is 23.2 Å². The van der Waals surface area contributed by atoms with Crippen molar-refractivity contribution in [2.45, 2.75) is 38.8 Å². The van der Waals surface area contributed by atoms with Gasteiger partial charge in [0, 0.05) is 25.8 Å². The van der Waals surface area contributed by atoms with Crippen LogP contribution in [0.3, 0.4) is 0 Å². The number of rotatable bonds is 6. The zero-order valence-corrected chi connectivity index (χ0v) is 13.7. The van der Waals surface area contributed by atoms with Gasteiger partial charge in [-0.1, -0.05) is 6.07 Å². The lowest BCUT2D eigenvalue weighted by Crippen LogP contribution is -2.45. The Morgan fingerprint density at radius 3 is 3.00 bits per heavy atom. The summed E-state index contributed by atoms with van der Waals surface area (Å²) in [4.78, 5) is 8.94. The molecule has 122 valence electrons. The van der Waals surface area contributed by atoms with Crippen LogP contribution < -0.4 is 15.4 Å². The topological polar surface area (TPSA) is 67.8 Å². The molecule has 2 rings (SSSR count). The van der Waals surface area contributed by atoms with Crippen LogP contribution in [0.2, 0.25) is 0 Å². The van der Waals surface area contributed by atoms with Crippen molar-refractivity contribution in [1.82, 2.24) is 15.6 Å². The summed E-state index contributed by atoms with van der Waals surface area (Å²) in [6, 6.07) is 5.69. The number of guanidine groups is 1. The van der Waals surface area contributed by atoms with Crippen molar-refractivity contribution in [2.75, 3.05) is 26.8 Å². The standard InChI is InChI=1S/C16H26N4O2/c1-4-17-15(19-12-16(2)9-6-10-22-16)18-11-13-7-5-8-14(20-13)21-3/h5,7-8H,4,6,9-12H2,1-3H3,(H2,17,18,19). The van der Waals surface area contributed by atoms with Gasteiger partial charge in [0.25, 0.3) is 0 Å². The van der Waals surface area contributed by atoms with E-state index in [9.17, 15) is 0 Å². The third-order valence-corrected chi connectivity index (χ3v) is 3.66. The molecule has 0 amide bonds. The number of nitrogens with one attached hydrogen (secondary N) is 2. The molecule has 2 N–H and O–H groups in total. The minimum Gasteiger partial charge on any atom is -0.481 e. The van der Waals surface area contributed by atoms with Crippen molar-refractivity contribution >= 4 is 5.96 Å². The maximum Gasteiger partial charge on any atom is 0.213 e. The van der Waals surface area contributed by atoms with Crippen molar-refractivity contribution in [2.24, 2.45) is 4.99 Å². The lowest BCUT2D eigenvalue weighted by atomic mass is 10.0. The number of methoxy groups -OCH3 is 1. The summed E-state index contributed by atoms with van der Waals surface area (Å²) in [5, 5.41) is 6.60. The van der Waals surface area contributed by atoms with E-state index in [0.29, 0.717) is 12.4 Å². The van der Waals surface area contributed by atoms with Gasteiger partial charge in [-0.2, -0.15) is 0 Å². The van der Waals surface area contributed by atoms with Crippen molar-refractivity contribution in [1.29, 1.82) is 0 Å². The molecule has 1 fully saturated rings. The molecule has 0 spiro atoms. The summed E-state index contributed by atoms with van der Waals surface area (Å²) in [6.45, 7) is 7.11. The second-order valence-electron chi connectivity index (χ2n) is 5.62. The SMILES string of the molecule is CCNC(=NCc1cccc(OC)n1)NCC1(C)CCCO1. The van der Waals surface area contributed by atoms with E-state index in [1.54, 1.807) is 7.11 Å². The number of ether oxygens (including phenoxy) is 2. The summed E-state index contributed by atoms with van der Waals surface area (Å²) >= 11 is 0. The second kappa shape index (κ2) is 7.98. The molecule has 0 radical (unpaired) electrons. The van der Waals surface area contributed by atoms with E-state index < -0.39 is 0 Å². The van der Waals surface area contributed by atoms with Crippen LogP contribution >= 0.6 is 0 Å². The fraction of sp³-hybridized carbons (Fsp3) is 0.625. The number of aliphatic imine (C=N–C) groups is 1. The maximum absolute atomic E-state index is 5.79. The molecule has 1 aromatic heterocycles. The first-order valence-electron chi connectivity index (χ1n) is 7.81. The molecule has 1 unspecified atom stereocenters. The molecule has 6 nitrogen and oxygen atoms in total. The quantitative estimate of drug-likeness (QED) is 0.619. The monoisotopic (exact) mass is 306 g/mol. The van der Waals surface area contributed by atoms with Crippen molar-refractivity contribution < 1.29 is 9.47 Å². The number of nitrogens with zero attached hydrogens (tertiary/aromatic N) is 2. The van der Waals surface area contributed by atoms with E-state index in [-0.39, 0.29) is 5.60 Å². The maximum atomic E-state index is 5.79. The van der Waals surface area contributed by atoms with Gasteiger partial charge in [-0.15, -0.1) is 0 Å². The van der Waals surface area contributed by atoms with E-state index in [1.807, 2.05) is 18.2 Å². The van der Waals surface area contributed by atoms with Gasteiger partial charge < -0.3 is 20.1 Å². The summed E-state index contributed by atoms with van der Waals surface area (Å²) in [5.74, 6) is 1.39. The highest BCUT2D eigenvalue weighted by Gasteiger charge is 2.29. The van der Waals surface area contributed by atoms with Gasteiger partial charge in [0.15, 0.2) is 5.96 Å². The average Bonchev–Trinajstić information content (AvgIpc) is 2.97. The number of hydrogen-bond donors (Lipinski definition) is 2. The molecule has 1 saturated heterocycles. The van der Waals surface area contributed by atoms with Crippen LogP contribution in [-0.4, -0.2) is 43.4 Å². The molecular weight excluding hydrogens is 280 g/mol. The summed E-state index contributed by atoms with van der Waals surface area (Å²) < 4.78 is 10.9. The Bertz CT molecular complexity index is 499. The molecule has 2 heterocycles. The lowest BCUT2D eigenvalue weighted by Gasteiger charge is -2.24. The third kappa shape index (κ3) is 4.87. The summed E-state index contributed by atoms with van der Waals surface area (Å²) in [6.07, 6.45) is 2.20. The van der Waals surface area contributed by atoms with Crippen LogP contribution in [0.1, 0.15) is 32.4 Å². The van der Waals surface area contributed by atoms with Crippen molar-refractivity contribution in [3.63, 3.8) is 0 Å². The molecular formula is C16H26N4O2. The predicted octanol–water partition coefficient (Wildman–Crippen LogP) is 1.71. The van der Waals surface area contributed by atoms with Crippen LogP contribution in [0.5, 0.6) is 5.88 Å². The molecule has 22 heavy (non-hydrogen) atoms. The highest BCUT2D eigenvalue weighted by molar-refractivity contribution is 5.79. The summed E-state index contributed by atoms with van der Waals surface area (Å²) in [7, 11) is 1.61. The first kappa shape index (κ1) is 16.5. The minimum absolute atomic E-state index is 0.0928. The molecule has 1 aromatic rings. The van der Waals surface area contributed by atoms with Gasteiger partial charge in [0.2, 0.25) is 5.88 Å². The van der Waals surface area contributed by atoms with Gasteiger partial charge >= 0.3 is 0 Å². The molecule has 6 heteroatoms. The molecule has 0 saturated carbocycles. The Hall–Kier alpha value is -1.82. The molecule has 0 bridgehead atoms. The molecule has 0 aliphatic carbocycles.